The Labute approximate surface area is 137 Å². The molecule has 0 unspecified atom stereocenters. The predicted molar refractivity (Wildman–Crippen MR) is 85.2 cm³/mol. The topological polar surface area (TPSA) is 75.5 Å². The van der Waals surface area contributed by atoms with Crippen LogP contribution in [0.3, 0.4) is 0 Å². The first-order chi connectivity index (χ1) is 11.0. The van der Waals surface area contributed by atoms with E-state index < -0.39 is 10.0 Å². The van der Waals surface area contributed by atoms with Crippen LogP contribution < -0.4 is 0 Å². The van der Waals surface area contributed by atoms with Crippen LogP contribution in [0.5, 0.6) is 0 Å². The standard InChI is InChI=1S/C15H24N4O3S/c1-2-17-11-14(16-12-17)23(21,22)19-9-5-13(6-10-19)15(20)18-7-3-4-8-18/h11-13H,2-10H2,1H3. The van der Waals surface area contributed by atoms with E-state index >= 15 is 0 Å². The molecule has 7 nitrogen and oxygen atoms in total. The summed E-state index contributed by atoms with van der Waals surface area (Å²) in [5.74, 6) is 0.169. The molecule has 0 aliphatic carbocycles. The number of hydrogen-bond acceptors (Lipinski definition) is 4. The Morgan fingerprint density at radius 2 is 1.87 bits per heavy atom. The van der Waals surface area contributed by atoms with E-state index in [2.05, 4.69) is 4.98 Å². The zero-order chi connectivity index (χ0) is 16.4. The zero-order valence-electron chi connectivity index (χ0n) is 13.5. The number of carbonyl (C=O) groups is 1. The van der Waals surface area contributed by atoms with Crippen molar-refractivity contribution in [1.29, 1.82) is 0 Å². The second-order valence-electron chi connectivity index (χ2n) is 6.25. The van der Waals surface area contributed by atoms with E-state index in [0.717, 1.165) is 25.9 Å². The van der Waals surface area contributed by atoms with Crippen molar-refractivity contribution in [3.05, 3.63) is 12.5 Å². The van der Waals surface area contributed by atoms with Crippen molar-refractivity contribution in [2.45, 2.75) is 44.2 Å². The number of hydrogen-bond donors (Lipinski definition) is 0. The van der Waals surface area contributed by atoms with E-state index in [4.69, 9.17) is 0 Å². The molecule has 3 heterocycles. The molecule has 0 spiro atoms. The highest BCUT2D eigenvalue weighted by Crippen LogP contribution is 2.25. The summed E-state index contributed by atoms with van der Waals surface area (Å²) in [7, 11) is -3.54. The van der Waals surface area contributed by atoms with Crippen LogP contribution in [0.25, 0.3) is 0 Å². The molecule has 2 saturated heterocycles. The molecular formula is C15H24N4O3S. The van der Waals surface area contributed by atoms with Gasteiger partial charge in [0.05, 0.1) is 6.33 Å². The van der Waals surface area contributed by atoms with Crippen LogP contribution in [-0.2, 0) is 21.4 Å². The van der Waals surface area contributed by atoms with Crippen molar-refractivity contribution in [3.63, 3.8) is 0 Å². The molecule has 0 atom stereocenters. The van der Waals surface area contributed by atoms with E-state index in [1.807, 2.05) is 11.8 Å². The van der Waals surface area contributed by atoms with Crippen LogP contribution >= 0.6 is 0 Å². The number of rotatable bonds is 4. The Kier molecular flexibility index (Phi) is 4.72. The third-order valence-corrected chi connectivity index (χ3v) is 6.58. The van der Waals surface area contributed by atoms with Crippen molar-refractivity contribution in [2.75, 3.05) is 26.2 Å². The van der Waals surface area contributed by atoms with Gasteiger partial charge in [-0.15, -0.1) is 0 Å². The summed E-state index contributed by atoms with van der Waals surface area (Å²) in [4.78, 5) is 18.3. The number of aryl methyl sites for hydroxylation is 1. The quantitative estimate of drug-likeness (QED) is 0.817. The lowest BCUT2D eigenvalue weighted by Crippen LogP contribution is -2.43. The monoisotopic (exact) mass is 340 g/mol. The third kappa shape index (κ3) is 3.28. The van der Waals surface area contributed by atoms with E-state index in [1.54, 1.807) is 10.8 Å². The number of carbonyl (C=O) groups excluding carboxylic acids is 1. The van der Waals surface area contributed by atoms with Gasteiger partial charge < -0.3 is 9.47 Å². The first-order valence-electron chi connectivity index (χ1n) is 8.33. The molecular weight excluding hydrogens is 316 g/mol. The Morgan fingerprint density at radius 3 is 2.43 bits per heavy atom. The van der Waals surface area contributed by atoms with Gasteiger partial charge in [-0.1, -0.05) is 0 Å². The lowest BCUT2D eigenvalue weighted by atomic mass is 9.97. The molecule has 1 aromatic rings. The van der Waals surface area contributed by atoms with Gasteiger partial charge in [-0.25, -0.2) is 13.4 Å². The molecule has 128 valence electrons. The van der Waals surface area contributed by atoms with Gasteiger partial charge in [0.2, 0.25) is 5.91 Å². The minimum Gasteiger partial charge on any atom is -0.342 e. The Bertz CT molecular complexity index is 656. The molecule has 0 radical (unpaired) electrons. The van der Waals surface area contributed by atoms with Gasteiger partial charge in [0, 0.05) is 44.8 Å². The number of likely N-dealkylation sites (tertiary alicyclic amines) is 1. The number of amides is 1. The second-order valence-corrected chi connectivity index (χ2v) is 8.14. The predicted octanol–water partition coefficient (Wildman–Crippen LogP) is 0.926. The van der Waals surface area contributed by atoms with Crippen molar-refractivity contribution < 1.29 is 13.2 Å². The fourth-order valence-corrected chi connectivity index (χ4v) is 4.72. The fraction of sp³-hybridized carbons (Fsp3) is 0.733. The Morgan fingerprint density at radius 1 is 1.22 bits per heavy atom. The lowest BCUT2D eigenvalue weighted by molar-refractivity contribution is -0.135. The summed E-state index contributed by atoms with van der Waals surface area (Å²) < 4.78 is 28.4. The minimum absolute atomic E-state index is 0.0345. The molecule has 2 aliphatic rings. The minimum atomic E-state index is -3.54. The average molecular weight is 340 g/mol. The average Bonchev–Trinajstić information content (AvgIpc) is 3.25. The van der Waals surface area contributed by atoms with Crippen LogP contribution in [-0.4, -0.2) is 59.3 Å². The summed E-state index contributed by atoms with van der Waals surface area (Å²) in [6.45, 7) is 5.12. The van der Waals surface area contributed by atoms with Crippen LogP contribution in [0.4, 0.5) is 0 Å². The maximum Gasteiger partial charge on any atom is 0.262 e. The highest BCUT2D eigenvalue weighted by atomic mass is 32.2. The van der Waals surface area contributed by atoms with Gasteiger partial charge >= 0.3 is 0 Å². The summed E-state index contributed by atoms with van der Waals surface area (Å²) in [6.07, 6.45) is 6.47. The molecule has 23 heavy (non-hydrogen) atoms. The first kappa shape index (κ1) is 16.4. The molecule has 0 N–H and O–H groups in total. The van der Waals surface area contributed by atoms with E-state index in [1.165, 1.54) is 10.6 Å². The third-order valence-electron chi connectivity index (χ3n) is 4.80. The number of piperidine rings is 1. The highest BCUT2D eigenvalue weighted by molar-refractivity contribution is 7.89. The van der Waals surface area contributed by atoms with E-state index in [0.29, 0.717) is 32.5 Å². The van der Waals surface area contributed by atoms with E-state index in [-0.39, 0.29) is 16.9 Å². The molecule has 1 amide bonds. The van der Waals surface area contributed by atoms with Crippen LogP contribution in [0.15, 0.2) is 17.6 Å². The summed E-state index contributed by atoms with van der Waals surface area (Å²) in [5, 5.41) is 0.101. The molecule has 0 aromatic carbocycles. The smallest absolute Gasteiger partial charge is 0.262 e. The maximum absolute atomic E-state index is 12.6. The normalized spacial score (nSPS) is 21.0. The van der Waals surface area contributed by atoms with Gasteiger partial charge in [-0.05, 0) is 32.6 Å². The van der Waals surface area contributed by atoms with Gasteiger partial charge in [-0.2, -0.15) is 4.31 Å². The second kappa shape index (κ2) is 6.60. The first-order valence-corrected chi connectivity index (χ1v) is 9.77. The number of nitrogens with zero attached hydrogens (tertiary/aromatic N) is 4. The van der Waals surface area contributed by atoms with Crippen LogP contribution in [0, 0.1) is 5.92 Å². The number of aromatic nitrogens is 2. The van der Waals surface area contributed by atoms with Crippen LogP contribution in [0.1, 0.15) is 32.6 Å². The van der Waals surface area contributed by atoms with Crippen molar-refractivity contribution in [3.8, 4) is 0 Å². The van der Waals surface area contributed by atoms with Crippen molar-refractivity contribution >= 4 is 15.9 Å². The molecule has 8 heteroatoms. The summed E-state index contributed by atoms with van der Waals surface area (Å²) >= 11 is 0. The molecule has 2 fully saturated rings. The Balaban J connectivity index is 1.62. The molecule has 0 bridgehead atoms. The number of imidazole rings is 1. The Hall–Kier alpha value is -1.41. The van der Waals surface area contributed by atoms with Gasteiger partial charge in [-0.3, -0.25) is 4.79 Å². The fourth-order valence-electron chi connectivity index (χ4n) is 3.32. The van der Waals surface area contributed by atoms with Crippen molar-refractivity contribution in [1.82, 2.24) is 18.8 Å². The van der Waals surface area contributed by atoms with Gasteiger partial charge in [0.1, 0.15) is 0 Å². The summed E-state index contributed by atoms with van der Waals surface area (Å²) in [6, 6.07) is 0. The van der Waals surface area contributed by atoms with Gasteiger partial charge in [0.15, 0.2) is 5.03 Å². The maximum atomic E-state index is 12.6. The van der Waals surface area contributed by atoms with Crippen LogP contribution in [0.2, 0.25) is 0 Å². The summed E-state index contributed by atoms with van der Waals surface area (Å²) in [5.41, 5.74) is 0. The molecule has 1 aromatic heterocycles. The lowest BCUT2D eigenvalue weighted by Gasteiger charge is -2.32. The SMILES string of the molecule is CCn1cnc(S(=O)(=O)N2CCC(C(=O)N3CCCC3)CC2)c1. The largest absolute Gasteiger partial charge is 0.342 e. The number of sulfonamides is 1. The van der Waals surface area contributed by atoms with Gasteiger partial charge in [0.25, 0.3) is 10.0 Å². The highest BCUT2D eigenvalue weighted by Gasteiger charge is 2.35. The molecule has 2 aliphatic heterocycles. The van der Waals surface area contributed by atoms with Crippen molar-refractivity contribution in [2.24, 2.45) is 5.92 Å². The molecule has 3 rings (SSSR count). The molecule has 0 saturated carbocycles. The van der Waals surface area contributed by atoms with E-state index in [9.17, 15) is 13.2 Å². The zero-order valence-corrected chi connectivity index (χ0v) is 14.3.